The van der Waals surface area contributed by atoms with Gasteiger partial charge in [-0.1, -0.05) is 0 Å². The molecule has 5 aliphatic heterocycles. The maximum absolute atomic E-state index is 13.2. The molecule has 436 valence electrons. The number of aliphatic hydroxyl groups excluding tert-OH is 10. The number of primary amides is 2. The largest absolute Gasteiger partial charge is 0.510 e. The molecule has 0 spiro atoms. The van der Waals surface area contributed by atoms with Crippen molar-refractivity contribution in [3.05, 3.63) is 11.5 Å². The lowest BCUT2D eigenvalue weighted by atomic mass is 9.85. The number of Topliss-reactive ketones (excluding diaryl/α,β-unsaturated/α-hetero) is 1. The first kappa shape index (κ1) is 61.3. The van der Waals surface area contributed by atoms with Crippen molar-refractivity contribution in [2.45, 2.75) is 200 Å². The number of ketones is 1. The number of carbonyl (C=O) groups excluding carboxylic acids is 7. The summed E-state index contributed by atoms with van der Waals surface area (Å²) < 4.78 is 63.0. The molecule has 5 saturated heterocycles. The summed E-state index contributed by atoms with van der Waals surface area (Å²) >= 11 is 0. The molecule has 0 aromatic rings. The summed E-state index contributed by atoms with van der Waals surface area (Å²) in [6.45, 7) is 3.17. The quantitative estimate of drug-likeness (QED) is 0.0601. The number of carbonyl (C=O) groups is 7. The average Bonchev–Trinajstić information content (AvgIpc) is 3.66. The Morgan fingerprint density at radius 2 is 1.23 bits per heavy atom. The van der Waals surface area contributed by atoms with Crippen molar-refractivity contribution in [1.29, 1.82) is 0 Å². The zero-order valence-electron chi connectivity index (χ0n) is 41.6. The Hall–Kier alpha value is -4.93. The van der Waals surface area contributed by atoms with E-state index in [0.717, 1.165) is 27.7 Å². The van der Waals surface area contributed by atoms with E-state index in [1.807, 2.05) is 0 Å². The molecule has 0 radical (unpaired) electrons. The van der Waals surface area contributed by atoms with Crippen LogP contribution in [0.3, 0.4) is 0 Å². The van der Waals surface area contributed by atoms with Gasteiger partial charge in [-0.3, -0.25) is 28.8 Å². The van der Waals surface area contributed by atoms with E-state index in [4.69, 9.17) is 63.6 Å². The number of esters is 1. The minimum atomic E-state index is -2.64. The summed E-state index contributed by atoms with van der Waals surface area (Å²) in [6, 6.07) is -3.69. The third kappa shape index (κ3) is 13.4. The molecule has 5 fully saturated rings. The highest BCUT2D eigenvalue weighted by Gasteiger charge is 2.61. The molecule has 10 unspecified atom stereocenters. The number of amides is 5. The third-order valence-corrected chi connectivity index (χ3v) is 13.3. The van der Waals surface area contributed by atoms with Crippen molar-refractivity contribution in [1.82, 2.24) is 16.0 Å². The zero-order valence-corrected chi connectivity index (χ0v) is 41.6. The molecular formula is C43H65N5O29. The van der Waals surface area contributed by atoms with E-state index in [9.17, 15) is 89.7 Å². The lowest BCUT2D eigenvalue weighted by Crippen LogP contribution is -2.72. The van der Waals surface area contributed by atoms with Crippen molar-refractivity contribution in [2.24, 2.45) is 11.5 Å². The fourth-order valence-electron chi connectivity index (χ4n) is 9.55. The Morgan fingerprint density at radius 1 is 0.662 bits per heavy atom. The second kappa shape index (κ2) is 25.0. The molecule has 1 aliphatic carbocycles. The molecule has 6 aliphatic rings. The van der Waals surface area contributed by atoms with Gasteiger partial charge in [-0.15, -0.1) is 0 Å². The van der Waals surface area contributed by atoms with Crippen LogP contribution in [0.2, 0.25) is 0 Å². The van der Waals surface area contributed by atoms with Crippen LogP contribution in [-0.2, 0) is 80.9 Å². The van der Waals surface area contributed by atoms with Gasteiger partial charge in [0.1, 0.15) is 96.3 Å². The van der Waals surface area contributed by atoms with Gasteiger partial charge in [0.05, 0.1) is 19.3 Å². The summed E-state index contributed by atoms with van der Waals surface area (Å²) in [4.78, 5) is 87.7. The van der Waals surface area contributed by atoms with E-state index in [2.05, 4.69) is 16.0 Å². The molecule has 6 rings (SSSR count). The number of ether oxygens (including phenoxy) is 11. The Labute approximate surface area is 435 Å². The van der Waals surface area contributed by atoms with Crippen LogP contribution in [0.1, 0.15) is 47.5 Å². The molecule has 0 aromatic heterocycles. The van der Waals surface area contributed by atoms with Gasteiger partial charge in [-0.05, 0) is 13.8 Å². The van der Waals surface area contributed by atoms with E-state index in [1.165, 1.54) is 6.92 Å². The second-order valence-corrected chi connectivity index (χ2v) is 19.1. The summed E-state index contributed by atoms with van der Waals surface area (Å²) in [5.74, 6) is -6.52. The Balaban J connectivity index is 1.33. The van der Waals surface area contributed by atoms with Crippen LogP contribution in [0.4, 0.5) is 4.79 Å². The smallest absolute Gasteiger partial charge is 0.404 e. The standard InChI is InChI=1S/C43H65N5O29/c1-10-28(72-40-27(61)24(58)26(60)30(74-40)36(63)48-18-14(53)6-7-15(18)54)22(56)19(46-11(2)50)38(68-10)73-29-17(9-67-41-31(69-13(4)52)25(59)21(55)16(8-49)70-41)71-39(20(23(29)57)47-12(3)51)75-32-33(77-42(45)65)43(5,66)34(35(44)62)76-37(32)64/h10,16-17,19-34,37-41,49,53,55-61,64,66H,6-9H2,1-5H3,(H2,44,62)(H2,45,65)(H,46,50)(H,47,51)(H,48,63)/t10?,16?,17?,19?,20?,21-,22+,23+,24-,25-,26+,27?,28-,29-,30?,31?,32?,33+,34?,37+,38-,39-,40+,41+,43-/m0/s1. The zero-order chi connectivity index (χ0) is 57.3. The van der Waals surface area contributed by atoms with E-state index in [-0.39, 0.29) is 12.8 Å². The average molecular weight is 1120 g/mol. The maximum Gasteiger partial charge on any atom is 0.404 e. The molecule has 5 amide bonds. The van der Waals surface area contributed by atoms with Gasteiger partial charge in [-0.25, -0.2) is 4.79 Å². The van der Waals surface area contributed by atoms with Crippen molar-refractivity contribution in [3.63, 3.8) is 0 Å². The van der Waals surface area contributed by atoms with Gasteiger partial charge in [0.2, 0.25) is 17.7 Å². The Kier molecular flexibility index (Phi) is 19.9. The van der Waals surface area contributed by atoms with Crippen LogP contribution in [0.25, 0.3) is 0 Å². The minimum absolute atomic E-state index is 0.0986. The molecule has 0 saturated carbocycles. The van der Waals surface area contributed by atoms with Crippen LogP contribution in [-0.4, -0.2) is 264 Å². The van der Waals surface area contributed by atoms with E-state index < -0.39 is 219 Å². The van der Waals surface area contributed by atoms with Crippen molar-refractivity contribution in [3.8, 4) is 0 Å². The van der Waals surface area contributed by atoms with Crippen LogP contribution >= 0.6 is 0 Å². The number of hydrogen-bond donors (Lipinski definition) is 16. The molecule has 34 nitrogen and oxygen atoms in total. The number of nitrogens with two attached hydrogens (primary N) is 2. The fourth-order valence-corrected chi connectivity index (χ4v) is 9.55. The van der Waals surface area contributed by atoms with Crippen LogP contribution in [0.5, 0.6) is 0 Å². The van der Waals surface area contributed by atoms with Gasteiger partial charge >= 0.3 is 12.1 Å². The number of aliphatic hydroxyl groups is 11. The molecule has 25 atom stereocenters. The van der Waals surface area contributed by atoms with E-state index in [1.54, 1.807) is 0 Å². The highest BCUT2D eigenvalue weighted by molar-refractivity contribution is 6.02. The molecule has 34 heteroatoms. The topological polar surface area (TPSA) is 532 Å². The van der Waals surface area contributed by atoms with Gasteiger partial charge < -0.3 is 136 Å². The van der Waals surface area contributed by atoms with Crippen molar-refractivity contribution < 1.29 is 142 Å². The lowest BCUT2D eigenvalue weighted by Gasteiger charge is -2.51. The third-order valence-electron chi connectivity index (χ3n) is 13.3. The van der Waals surface area contributed by atoms with Crippen molar-refractivity contribution >= 4 is 41.5 Å². The number of hydrogen-bond acceptors (Lipinski definition) is 29. The Bertz CT molecular complexity index is 2210. The molecule has 5 heterocycles. The van der Waals surface area contributed by atoms with E-state index >= 15 is 0 Å². The summed E-state index contributed by atoms with van der Waals surface area (Å²) in [6.07, 6.45) is -45.6. The highest BCUT2D eigenvalue weighted by Crippen LogP contribution is 2.38. The molecule has 18 N–H and O–H groups in total. The first-order valence-corrected chi connectivity index (χ1v) is 23.8. The molecule has 0 aromatic carbocycles. The monoisotopic (exact) mass is 1120 g/mol. The minimum Gasteiger partial charge on any atom is -0.510 e. The van der Waals surface area contributed by atoms with Crippen LogP contribution in [0.15, 0.2) is 11.5 Å². The van der Waals surface area contributed by atoms with Crippen LogP contribution in [0, 0.1) is 0 Å². The van der Waals surface area contributed by atoms with E-state index in [0.29, 0.717) is 0 Å². The van der Waals surface area contributed by atoms with Crippen LogP contribution < -0.4 is 27.4 Å². The molecular weight excluding hydrogens is 1050 g/mol. The maximum atomic E-state index is 13.2. The van der Waals surface area contributed by atoms with Gasteiger partial charge in [0.25, 0.3) is 5.91 Å². The molecule has 0 bridgehead atoms. The predicted octanol–water partition coefficient (Wildman–Crippen LogP) is -9.80. The van der Waals surface area contributed by atoms with Crippen molar-refractivity contribution in [2.75, 3.05) is 13.2 Å². The highest BCUT2D eigenvalue weighted by atomic mass is 16.8. The summed E-state index contributed by atoms with van der Waals surface area (Å²) in [5.41, 5.74) is 7.52. The lowest BCUT2D eigenvalue weighted by molar-refractivity contribution is -0.376. The first-order valence-electron chi connectivity index (χ1n) is 23.8. The summed E-state index contributed by atoms with van der Waals surface area (Å²) in [7, 11) is 0. The fraction of sp³-hybridized carbons (Fsp3) is 0.791. The normalized spacial score (nSPS) is 43.4. The number of nitrogens with one attached hydrogen (secondary N) is 3. The van der Waals surface area contributed by atoms with Gasteiger partial charge in [0, 0.05) is 33.6 Å². The predicted molar refractivity (Wildman–Crippen MR) is 238 cm³/mol. The summed E-state index contributed by atoms with van der Waals surface area (Å²) in [5, 5.41) is 128. The number of rotatable bonds is 17. The second-order valence-electron chi connectivity index (χ2n) is 19.1. The first-order chi connectivity index (χ1) is 36.0. The molecule has 77 heavy (non-hydrogen) atoms. The van der Waals surface area contributed by atoms with Gasteiger partial charge in [-0.2, -0.15) is 0 Å². The number of allylic oxidation sites excluding steroid dienone is 2. The van der Waals surface area contributed by atoms with Gasteiger partial charge in [0.15, 0.2) is 67.8 Å². The Morgan fingerprint density at radius 3 is 1.78 bits per heavy atom. The SMILES string of the molecule is CC(=O)NC1[C@H](O[C@H]2C(CO[C@@H]3OC(CO)[C@H](O)[C@H](O)C3OC(C)=O)O[C@@H](OC3[C@H](O)OC(C(N)=O)[C@@](C)(O)[C@@H]3OC(N)=O)C(NC(C)=O)[C@H]2O)OC(C)[C@H](O[C@@H]2OC(C(=O)NC3=C(O)CCC3=O)[C@H](O)[C@H](O)C2O)[C@@H]1O.